The Bertz CT molecular complexity index is 707. The van der Waals surface area contributed by atoms with E-state index in [1.165, 1.54) is 0 Å². The molecule has 1 fully saturated rings. The molecule has 1 aliphatic heterocycles. The zero-order chi connectivity index (χ0) is 17.3. The van der Waals surface area contributed by atoms with Crippen molar-refractivity contribution >= 4 is 31.9 Å². The fraction of sp³-hybridized carbons (Fsp3) is 0.625. The van der Waals surface area contributed by atoms with E-state index in [0.717, 1.165) is 40.0 Å². The molecule has 0 N–H and O–H groups in total. The largest absolute Gasteiger partial charge is 0.376 e. The van der Waals surface area contributed by atoms with Crippen LogP contribution in [0.15, 0.2) is 15.1 Å². The van der Waals surface area contributed by atoms with E-state index in [2.05, 4.69) is 42.5 Å². The van der Waals surface area contributed by atoms with Gasteiger partial charge in [-0.1, -0.05) is 0 Å². The van der Waals surface area contributed by atoms with Crippen LogP contribution in [0, 0.1) is 0 Å². The summed E-state index contributed by atoms with van der Waals surface area (Å²) in [5.41, 5.74) is 0.995. The second kappa shape index (κ2) is 7.68. The highest BCUT2D eigenvalue weighted by molar-refractivity contribution is 9.13. The van der Waals surface area contributed by atoms with Gasteiger partial charge in [-0.15, -0.1) is 0 Å². The molecule has 132 valence electrons. The van der Waals surface area contributed by atoms with Crippen LogP contribution >= 0.6 is 31.9 Å². The lowest BCUT2D eigenvalue weighted by molar-refractivity contribution is 0.0686. The molecule has 8 heteroatoms. The van der Waals surface area contributed by atoms with Crippen LogP contribution in [0.2, 0.25) is 0 Å². The lowest BCUT2D eigenvalue weighted by Gasteiger charge is -2.12. The van der Waals surface area contributed by atoms with Crippen LogP contribution in [0.1, 0.15) is 38.6 Å². The third kappa shape index (κ3) is 3.61. The first-order chi connectivity index (χ1) is 11.5. The minimum atomic E-state index is -0.133. The maximum Gasteiger partial charge on any atom is 0.179 e. The lowest BCUT2D eigenvalue weighted by atomic mass is 10.2. The molecule has 0 amide bonds. The van der Waals surface area contributed by atoms with Crippen molar-refractivity contribution in [2.75, 3.05) is 13.2 Å². The summed E-state index contributed by atoms with van der Waals surface area (Å²) >= 11 is 7.14. The van der Waals surface area contributed by atoms with Gasteiger partial charge in [-0.3, -0.25) is 0 Å². The summed E-state index contributed by atoms with van der Waals surface area (Å²) in [6.07, 6.45) is 2.24. The van der Waals surface area contributed by atoms with E-state index in [4.69, 9.17) is 19.6 Å². The number of rotatable bonds is 6. The third-order valence-corrected chi connectivity index (χ3v) is 6.31. The molecule has 2 aromatic heterocycles. The Hall–Kier alpha value is -0.700. The summed E-state index contributed by atoms with van der Waals surface area (Å²) in [5, 5.41) is 4.71. The number of nitrogens with zero attached hydrogens (tertiary/aromatic N) is 4. The highest BCUT2D eigenvalue weighted by Gasteiger charge is 2.24. The summed E-state index contributed by atoms with van der Waals surface area (Å²) in [7, 11) is 2.00. The molecule has 3 heterocycles. The number of hydrogen-bond donors (Lipinski definition) is 0. The molecule has 0 aliphatic carbocycles. The Labute approximate surface area is 158 Å². The highest BCUT2D eigenvalue weighted by atomic mass is 79.9. The zero-order valence-corrected chi connectivity index (χ0v) is 17.3. The standard InChI is InChI=1S/C16H22Br2N4O2/c1-4-23-10(2)15-19-16(13-8-12(17)14(18)21(13)3)22(20-15)9-11-6-5-7-24-11/h8,10-11H,4-7,9H2,1-3H3. The highest BCUT2D eigenvalue weighted by Crippen LogP contribution is 2.32. The maximum atomic E-state index is 5.78. The summed E-state index contributed by atoms with van der Waals surface area (Å²) in [4.78, 5) is 4.77. The molecule has 2 unspecified atom stereocenters. The van der Waals surface area contributed by atoms with Crippen LogP contribution in [-0.4, -0.2) is 38.6 Å². The predicted octanol–water partition coefficient (Wildman–Crippen LogP) is 4.09. The van der Waals surface area contributed by atoms with Crippen molar-refractivity contribution in [3.63, 3.8) is 0 Å². The molecule has 2 aromatic rings. The second-order valence-corrected chi connectivity index (χ2v) is 7.54. The molecule has 1 saturated heterocycles. The fourth-order valence-electron chi connectivity index (χ4n) is 2.91. The summed E-state index contributed by atoms with van der Waals surface area (Å²) < 4.78 is 17.4. The number of aromatic nitrogens is 4. The average Bonchev–Trinajstić information content (AvgIpc) is 3.26. The van der Waals surface area contributed by atoms with Gasteiger partial charge < -0.3 is 14.0 Å². The fourth-order valence-corrected chi connectivity index (χ4v) is 3.70. The van der Waals surface area contributed by atoms with Crippen molar-refractivity contribution in [3.8, 4) is 11.5 Å². The molecular formula is C16H22Br2N4O2. The SMILES string of the molecule is CCOC(C)c1nc(-c2cc(Br)c(Br)n2C)n(CC2CCCO2)n1. The van der Waals surface area contributed by atoms with E-state index in [1.807, 2.05) is 25.6 Å². The average molecular weight is 462 g/mol. The summed E-state index contributed by atoms with van der Waals surface area (Å²) in [6.45, 7) is 6.14. The van der Waals surface area contributed by atoms with E-state index in [9.17, 15) is 0 Å². The Kier molecular flexibility index (Phi) is 5.79. The van der Waals surface area contributed by atoms with Crippen LogP contribution in [0.5, 0.6) is 0 Å². The van der Waals surface area contributed by atoms with Gasteiger partial charge >= 0.3 is 0 Å². The van der Waals surface area contributed by atoms with Gasteiger partial charge in [0.05, 0.1) is 27.4 Å². The van der Waals surface area contributed by atoms with Crippen LogP contribution in [0.4, 0.5) is 0 Å². The first kappa shape index (κ1) is 18.1. The van der Waals surface area contributed by atoms with Gasteiger partial charge in [-0.2, -0.15) is 5.10 Å². The molecule has 6 nitrogen and oxygen atoms in total. The van der Waals surface area contributed by atoms with Crippen molar-refractivity contribution < 1.29 is 9.47 Å². The van der Waals surface area contributed by atoms with Crippen LogP contribution in [0.3, 0.4) is 0 Å². The quantitative estimate of drug-likeness (QED) is 0.650. The van der Waals surface area contributed by atoms with Crippen LogP contribution in [-0.2, 0) is 23.1 Å². The van der Waals surface area contributed by atoms with Crippen molar-refractivity contribution in [2.45, 2.75) is 45.4 Å². The second-order valence-electron chi connectivity index (χ2n) is 5.94. The van der Waals surface area contributed by atoms with Crippen LogP contribution in [0.25, 0.3) is 11.5 Å². The normalized spacial score (nSPS) is 19.1. The molecule has 3 rings (SSSR count). The lowest BCUT2D eigenvalue weighted by Crippen LogP contribution is -2.17. The molecular weight excluding hydrogens is 440 g/mol. The van der Waals surface area contributed by atoms with E-state index in [0.29, 0.717) is 19.0 Å². The van der Waals surface area contributed by atoms with E-state index >= 15 is 0 Å². The van der Waals surface area contributed by atoms with Crippen molar-refractivity contribution in [3.05, 3.63) is 21.0 Å². The third-order valence-electron chi connectivity index (χ3n) is 4.21. The molecule has 0 bridgehead atoms. The summed E-state index contributed by atoms with van der Waals surface area (Å²) in [6, 6.07) is 2.05. The minimum absolute atomic E-state index is 0.133. The molecule has 24 heavy (non-hydrogen) atoms. The molecule has 0 saturated carbocycles. The molecule has 0 spiro atoms. The van der Waals surface area contributed by atoms with Crippen molar-refractivity contribution in [1.82, 2.24) is 19.3 Å². The van der Waals surface area contributed by atoms with Gasteiger partial charge in [0.15, 0.2) is 11.6 Å². The Morgan fingerprint density at radius 2 is 2.25 bits per heavy atom. The molecule has 0 radical (unpaired) electrons. The van der Waals surface area contributed by atoms with E-state index in [-0.39, 0.29) is 12.2 Å². The predicted molar refractivity (Wildman–Crippen MR) is 98.8 cm³/mol. The Morgan fingerprint density at radius 3 is 2.83 bits per heavy atom. The van der Waals surface area contributed by atoms with Crippen LogP contribution < -0.4 is 0 Å². The van der Waals surface area contributed by atoms with Crippen molar-refractivity contribution in [1.29, 1.82) is 0 Å². The Balaban J connectivity index is 1.99. The monoisotopic (exact) mass is 460 g/mol. The topological polar surface area (TPSA) is 54.1 Å². The van der Waals surface area contributed by atoms with Gasteiger partial charge in [0, 0.05) is 20.3 Å². The number of hydrogen-bond acceptors (Lipinski definition) is 4. The zero-order valence-electron chi connectivity index (χ0n) is 14.1. The summed E-state index contributed by atoms with van der Waals surface area (Å²) in [5.74, 6) is 1.54. The van der Waals surface area contributed by atoms with Gasteiger partial charge in [-0.05, 0) is 64.6 Å². The van der Waals surface area contributed by atoms with Gasteiger partial charge in [0.1, 0.15) is 6.10 Å². The molecule has 0 aromatic carbocycles. The molecule has 2 atom stereocenters. The van der Waals surface area contributed by atoms with E-state index < -0.39 is 0 Å². The smallest absolute Gasteiger partial charge is 0.179 e. The van der Waals surface area contributed by atoms with Gasteiger partial charge in [-0.25, -0.2) is 9.67 Å². The van der Waals surface area contributed by atoms with Gasteiger partial charge in [0.2, 0.25) is 0 Å². The molecule has 1 aliphatic rings. The number of ether oxygens (including phenoxy) is 2. The number of halogens is 2. The van der Waals surface area contributed by atoms with Gasteiger partial charge in [0.25, 0.3) is 0 Å². The Morgan fingerprint density at radius 1 is 1.46 bits per heavy atom. The maximum absolute atomic E-state index is 5.78. The first-order valence-corrected chi connectivity index (χ1v) is 9.78. The minimum Gasteiger partial charge on any atom is -0.376 e. The van der Waals surface area contributed by atoms with E-state index in [1.54, 1.807) is 0 Å². The first-order valence-electron chi connectivity index (χ1n) is 8.20. The van der Waals surface area contributed by atoms with Crippen molar-refractivity contribution in [2.24, 2.45) is 7.05 Å².